The largest absolute Gasteiger partial charge is 1.00 e. The fraction of sp³-hybridized carbons (Fsp3) is 0.200. The molecule has 1 aromatic heterocycles. The summed E-state index contributed by atoms with van der Waals surface area (Å²) >= 11 is 0.722. The number of nitrogens with zero attached hydrogens (tertiary/aromatic N) is 2. The quantitative estimate of drug-likeness (QED) is 0.186. The van der Waals surface area contributed by atoms with Crippen LogP contribution in [0.5, 0.6) is 0 Å². The van der Waals surface area contributed by atoms with Crippen molar-refractivity contribution in [1.82, 2.24) is 4.98 Å². The Morgan fingerprint density at radius 1 is 1.17 bits per heavy atom. The van der Waals surface area contributed by atoms with Gasteiger partial charge >= 0.3 is 43.6 Å². The molecule has 36 heavy (non-hydrogen) atoms. The van der Waals surface area contributed by atoms with Gasteiger partial charge in [0.05, 0.1) is 23.6 Å². The number of carbonyl (C=O) groups excluding carboxylic acids is 1. The van der Waals surface area contributed by atoms with Crippen molar-refractivity contribution in [2.24, 2.45) is 0 Å². The predicted octanol–water partition coefficient (Wildman–Crippen LogP) is 1.63. The topological polar surface area (TPSA) is 123 Å². The SMILES string of the molecule is O=C([O-])N(c1nc(-c2ccc(F)cc2F)cs1)c1ccc(C(F)(F)F)cc1CCCOP(=O)(O)O.[Na+]. The zero-order valence-corrected chi connectivity index (χ0v) is 22.0. The summed E-state index contributed by atoms with van der Waals surface area (Å²) in [6.07, 6.45) is -7.02. The summed E-state index contributed by atoms with van der Waals surface area (Å²) in [4.78, 5) is 34.0. The van der Waals surface area contributed by atoms with Crippen molar-refractivity contribution in [2.75, 3.05) is 11.5 Å². The predicted molar refractivity (Wildman–Crippen MR) is 113 cm³/mol. The van der Waals surface area contributed by atoms with Crippen LogP contribution in [0.1, 0.15) is 17.5 Å². The molecule has 0 fully saturated rings. The maximum Gasteiger partial charge on any atom is 1.00 e. The van der Waals surface area contributed by atoms with E-state index in [1.165, 1.54) is 5.38 Å². The Balaban J connectivity index is 0.00000456. The third-order valence-electron chi connectivity index (χ3n) is 4.57. The van der Waals surface area contributed by atoms with E-state index < -0.39 is 43.9 Å². The van der Waals surface area contributed by atoms with Crippen molar-refractivity contribution < 1.29 is 80.3 Å². The van der Waals surface area contributed by atoms with Gasteiger partial charge in [-0.3, -0.25) is 9.42 Å². The van der Waals surface area contributed by atoms with E-state index in [4.69, 9.17) is 9.79 Å². The molecule has 8 nitrogen and oxygen atoms in total. The van der Waals surface area contributed by atoms with Crippen LogP contribution in [0.3, 0.4) is 0 Å². The van der Waals surface area contributed by atoms with E-state index in [2.05, 4.69) is 9.51 Å². The number of alkyl halides is 3. The standard InChI is InChI=1S/C20H16F5N2O6PS.Na/c21-13-4-5-14(15(22)9-13)16-10-35-18(26-16)27(19(28)29)17-6-3-12(20(23,24)25)8-11(17)2-1-7-33-34(30,31)32;/h3-6,8-10H,1-2,7H2,(H,28,29)(H2,30,31,32);/q;+1/p-1. The number of halogens is 5. The fourth-order valence-corrected chi connectivity index (χ4v) is 4.29. The van der Waals surface area contributed by atoms with E-state index in [1.807, 2.05) is 0 Å². The van der Waals surface area contributed by atoms with Gasteiger partial charge in [0, 0.05) is 17.0 Å². The molecule has 0 aliphatic carbocycles. The summed E-state index contributed by atoms with van der Waals surface area (Å²) in [6, 6.07) is 4.90. The van der Waals surface area contributed by atoms with Gasteiger partial charge in [0.25, 0.3) is 0 Å². The second-order valence-electron chi connectivity index (χ2n) is 7.01. The normalized spacial score (nSPS) is 11.8. The first-order valence-electron chi connectivity index (χ1n) is 9.58. The molecular formula is C20H15F5N2NaO6PS. The van der Waals surface area contributed by atoms with Crippen molar-refractivity contribution in [1.29, 1.82) is 0 Å². The fourth-order valence-electron chi connectivity index (χ4n) is 3.09. The Morgan fingerprint density at radius 2 is 1.86 bits per heavy atom. The third-order valence-corrected chi connectivity index (χ3v) is 5.92. The van der Waals surface area contributed by atoms with Gasteiger partial charge in [0.15, 0.2) is 5.13 Å². The molecule has 2 aromatic carbocycles. The molecule has 0 radical (unpaired) electrons. The van der Waals surface area contributed by atoms with Crippen LogP contribution in [-0.2, 0) is 21.7 Å². The molecule has 0 saturated heterocycles. The molecule has 0 bridgehead atoms. The van der Waals surface area contributed by atoms with Gasteiger partial charge in [0.2, 0.25) is 0 Å². The van der Waals surface area contributed by atoms with Crippen molar-refractivity contribution in [3.05, 3.63) is 64.5 Å². The molecule has 1 amide bonds. The van der Waals surface area contributed by atoms with Gasteiger partial charge in [-0.15, -0.1) is 11.3 Å². The smallest absolute Gasteiger partial charge is 0.529 e. The number of hydrogen-bond donors (Lipinski definition) is 2. The van der Waals surface area contributed by atoms with Gasteiger partial charge in [-0.1, -0.05) is 0 Å². The molecule has 0 aliphatic rings. The molecule has 0 aliphatic heterocycles. The number of aryl methyl sites for hydroxylation is 1. The average molecular weight is 560 g/mol. The zero-order valence-electron chi connectivity index (χ0n) is 18.3. The van der Waals surface area contributed by atoms with E-state index in [-0.39, 0.29) is 70.0 Å². The van der Waals surface area contributed by atoms with Crippen LogP contribution < -0.4 is 39.6 Å². The second-order valence-corrected chi connectivity index (χ2v) is 9.09. The minimum atomic E-state index is -4.81. The minimum Gasteiger partial charge on any atom is -0.529 e. The van der Waals surface area contributed by atoms with Crippen molar-refractivity contribution in [2.45, 2.75) is 19.0 Å². The Bertz CT molecular complexity index is 1290. The maximum absolute atomic E-state index is 14.1. The minimum absolute atomic E-state index is 0. The number of amides is 1. The summed E-state index contributed by atoms with van der Waals surface area (Å²) in [7, 11) is -4.81. The van der Waals surface area contributed by atoms with Crippen LogP contribution in [-0.4, -0.2) is 27.5 Å². The summed E-state index contributed by atoms with van der Waals surface area (Å²) < 4.78 is 82.1. The molecule has 0 saturated carbocycles. The molecule has 3 aromatic rings. The number of rotatable bonds is 8. The van der Waals surface area contributed by atoms with Crippen molar-refractivity contribution in [3.63, 3.8) is 0 Å². The van der Waals surface area contributed by atoms with E-state index in [1.54, 1.807) is 0 Å². The average Bonchev–Trinajstić information content (AvgIpc) is 3.19. The van der Waals surface area contributed by atoms with Crippen LogP contribution in [0, 0.1) is 11.6 Å². The number of anilines is 2. The van der Waals surface area contributed by atoms with Gasteiger partial charge < -0.3 is 19.7 Å². The number of phosphoric acid groups is 1. The molecule has 0 unspecified atom stereocenters. The number of aromatic nitrogens is 1. The van der Waals surface area contributed by atoms with E-state index in [0.717, 1.165) is 29.5 Å². The summed E-state index contributed by atoms with van der Waals surface area (Å²) in [5.74, 6) is -1.79. The second kappa shape index (κ2) is 12.1. The maximum atomic E-state index is 14.1. The van der Waals surface area contributed by atoms with Crippen LogP contribution in [0.4, 0.5) is 37.6 Å². The van der Waals surface area contributed by atoms with Gasteiger partial charge in [-0.25, -0.2) is 18.3 Å². The molecule has 0 atom stereocenters. The summed E-state index contributed by atoms with van der Waals surface area (Å²) in [5.41, 5.74) is -1.66. The number of carboxylic acid groups (broad SMARTS) is 1. The molecule has 0 spiro atoms. The van der Waals surface area contributed by atoms with Gasteiger partial charge in [-0.05, 0) is 48.7 Å². The van der Waals surface area contributed by atoms with E-state index in [9.17, 15) is 36.4 Å². The zero-order chi connectivity index (χ0) is 26.0. The molecular weight excluding hydrogens is 545 g/mol. The molecule has 188 valence electrons. The molecule has 1 heterocycles. The van der Waals surface area contributed by atoms with E-state index >= 15 is 0 Å². The number of phosphoric ester groups is 1. The van der Waals surface area contributed by atoms with Crippen LogP contribution in [0.2, 0.25) is 0 Å². The van der Waals surface area contributed by atoms with Crippen molar-refractivity contribution in [3.8, 4) is 11.3 Å². The van der Waals surface area contributed by atoms with Gasteiger partial charge in [0.1, 0.15) is 17.7 Å². The Kier molecular flexibility index (Phi) is 10.2. The number of thiazole rings is 1. The molecule has 16 heteroatoms. The third kappa shape index (κ3) is 7.80. The molecule has 2 N–H and O–H groups in total. The Labute approximate surface area is 226 Å². The first-order valence-corrected chi connectivity index (χ1v) is 12.0. The number of benzene rings is 2. The summed E-state index contributed by atoms with van der Waals surface area (Å²) in [5, 5.41) is 13.0. The Hall–Kier alpha value is -1.90. The Morgan fingerprint density at radius 3 is 2.44 bits per heavy atom. The first kappa shape index (κ1) is 30.3. The van der Waals surface area contributed by atoms with Crippen LogP contribution in [0.15, 0.2) is 41.8 Å². The van der Waals surface area contributed by atoms with E-state index in [0.29, 0.717) is 23.1 Å². The molecule has 3 rings (SSSR count). The van der Waals surface area contributed by atoms with Crippen molar-refractivity contribution >= 4 is 36.1 Å². The van der Waals surface area contributed by atoms with Crippen LogP contribution in [0.25, 0.3) is 11.3 Å². The number of hydrogen-bond acceptors (Lipinski definition) is 6. The van der Waals surface area contributed by atoms with Crippen LogP contribution >= 0.6 is 19.2 Å². The number of carbonyl (C=O) groups is 1. The van der Waals surface area contributed by atoms with Gasteiger partial charge in [-0.2, -0.15) is 13.2 Å². The first-order chi connectivity index (χ1) is 16.3. The monoisotopic (exact) mass is 560 g/mol. The summed E-state index contributed by atoms with van der Waals surface area (Å²) in [6.45, 7) is -0.517.